The lowest BCUT2D eigenvalue weighted by Gasteiger charge is -2.23. The average Bonchev–Trinajstić information content (AvgIpc) is 2.23. The predicted octanol–water partition coefficient (Wildman–Crippen LogP) is 3.45. The quantitative estimate of drug-likeness (QED) is 0.718. The molecule has 0 saturated heterocycles. The van der Waals surface area contributed by atoms with Crippen LogP contribution >= 0.6 is 11.6 Å². The Bertz CT molecular complexity index is 316. The second-order valence-corrected chi connectivity index (χ2v) is 4.06. The van der Waals surface area contributed by atoms with Gasteiger partial charge in [-0.3, -0.25) is 0 Å². The summed E-state index contributed by atoms with van der Waals surface area (Å²) in [5.74, 6) is 0. The van der Waals surface area contributed by atoms with Crippen molar-refractivity contribution in [2.75, 3.05) is 6.54 Å². The van der Waals surface area contributed by atoms with E-state index in [1.807, 2.05) is 12.1 Å². The van der Waals surface area contributed by atoms with Crippen molar-refractivity contribution in [3.05, 3.63) is 47.1 Å². The van der Waals surface area contributed by atoms with E-state index in [0.29, 0.717) is 0 Å². The Kier molecular flexibility index (Phi) is 3.10. The Balaban J connectivity index is 1.99. The molecule has 1 heterocycles. The van der Waals surface area contributed by atoms with Crippen molar-refractivity contribution in [1.82, 2.24) is 4.90 Å². The highest BCUT2D eigenvalue weighted by Crippen LogP contribution is 2.13. The molecule has 0 N–H and O–H groups in total. The van der Waals surface area contributed by atoms with E-state index in [4.69, 9.17) is 11.6 Å². The number of rotatable bonds is 2. The molecule has 0 radical (unpaired) electrons. The standard InChI is InChI=1S/C12H14ClN/c13-12-6-4-11(5-7-12)10-14-8-2-1-3-9-14/h2,4-8H,1,3,9-10H2. The molecule has 74 valence electrons. The lowest BCUT2D eigenvalue weighted by molar-refractivity contribution is 0.348. The van der Waals surface area contributed by atoms with Crippen LogP contribution in [0, 0.1) is 0 Å². The van der Waals surface area contributed by atoms with Crippen LogP contribution in [0.25, 0.3) is 0 Å². The molecule has 1 aromatic rings. The molecule has 0 fully saturated rings. The molecule has 0 bridgehead atoms. The van der Waals surface area contributed by atoms with Gasteiger partial charge in [-0.2, -0.15) is 0 Å². The van der Waals surface area contributed by atoms with Gasteiger partial charge in [0.25, 0.3) is 0 Å². The third-order valence-electron chi connectivity index (χ3n) is 2.43. The molecule has 0 unspecified atom stereocenters. The van der Waals surface area contributed by atoms with Crippen molar-refractivity contribution in [1.29, 1.82) is 0 Å². The van der Waals surface area contributed by atoms with E-state index in [1.165, 1.54) is 24.9 Å². The number of hydrogen-bond acceptors (Lipinski definition) is 1. The third-order valence-corrected chi connectivity index (χ3v) is 2.68. The molecular formula is C12H14ClN. The van der Waals surface area contributed by atoms with Crippen LogP contribution in [-0.4, -0.2) is 11.4 Å². The van der Waals surface area contributed by atoms with Crippen LogP contribution in [0.5, 0.6) is 0 Å². The fourth-order valence-corrected chi connectivity index (χ4v) is 1.79. The smallest absolute Gasteiger partial charge is 0.0423 e. The molecule has 0 saturated carbocycles. The van der Waals surface area contributed by atoms with E-state index in [1.54, 1.807) is 0 Å². The molecule has 0 aromatic heterocycles. The summed E-state index contributed by atoms with van der Waals surface area (Å²) in [6.07, 6.45) is 6.92. The molecular weight excluding hydrogens is 194 g/mol. The summed E-state index contributed by atoms with van der Waals surface area (Å²) in [5.41, 5.74) is 1.32. The minimum Gasteiger partial charge on any atom is -0.373 e. The van der Waals surface area contributed by atoms with Crippen LogP contribution in [0.3, 0.4) is 0 Å². The highest BCUT2D eigenvalue weighted by molar-refractivity contribution is 6.30. The molecule has 0 spiro atoms. The zero-order valence-corrected chi connectivity index (χ0v) is 8.87. The van der Waals surface area contributed by atoms with E-state index in [0.717, 1.165) is 11.6 Å². The van der Waals surface area contributed by atoms with Gasteiger partial charge in [-0.1, -0.05) is 29.8 Å². The highest BCUT2D eigenvalue weighted by atomic mass is 35.5. The van der Waals surface area contributed by atoms with Crippen LogP contribution in [0.15, 0.2) is 36.5 Å². The predicted molar refractivity (Wildman–Crippen MR) is 60.2 cm³/mol. The van der Waals surface area contributed by atoms with E-state index in [-0.39, 0.29) is 0 Å². The minimum atomic E-state index is 0.808. The summed E-state index contributed by atoms with van der Waals surface area (Å²) in [5, 5.41) is 0.808. The summed E-state index contributed by atoms with van der Waals surface area (Å²) < 4.78 is 0. The topological polar surface area (TPSA) is 3.24 Å². The number of hydrogen-bond donors (Lipinski definition) is 0. The van der Waals surface area contributed by atoms with E-state index in [2.05, 4.69) is 29.3 Å². The molecule has 1 aliphatic heterocycles. The van der Waals surface area contributed by atoms with Crippen molar-refractivity contribution < 1.29 is 0 Å². The van der Waals surface area contributed by atoms with Gasteiger partial charge < -0.3 is 4.90 Å². The maximum absolute atomic E-state index is 5.83. The molecule has 1 aliphatic rings. The highest BCUT2D eigenvalue weighted by Gasteiger charge is 2.03. The summed E-state index contributed by atoms with van der Waals surface area (Å²) in [7, 11) is 0. The molecule has 0 atom stereocenters. The normalized spacial score (nSPS) is 15.9. The average molecular weight is 208 g/mol. The Morgan fingerprint density at radius 2 is 2.00 bits per heavy atom. The Morgan fingerprint density at radius 3 is 2.64 bits per heavy atom. The molecule has 14 heavy (non-hydrogen) atoms. The first-order chi connectivity index (χ1) is 6.84. The van der Waals surface area contributed by atoms with Gasteiger partial charge >= 0.3 is 0 Å². The van der Waals surface area contributed by atoms with Gasteiger partial charge in [0, 0.05) is 18.1 Å². The number of allylic oxidation sites excluding steroid dienone is 1. The van der Waals surface area contributed by atoms with Crippen LogP contribution in [0.4, 0.5) is 0 Å². The fraction of sp³-hybridized carbons (Fsp3) is 0.333. The molecule has 1 nitrogen and oxygen atoms in total. The summed E-state index contributed by atoms with van der Waals surface area (Å²) in [6, 6.07) is 8.07. The van der Waals surface area contributed by atoms with Gasteiger partial charge in [-0.05, 0) is 36.7 Å². The maximum Gasteiger partial charge on any atom is 0.0423 e. The Morgan fingerprint density at radius 1 is 1.21 bits per heavy atom. The van der Waals surface area contributed by atoms with Crippen LogP contribution in [-0.2, 0) is 6.54 Å². The van der Waals surface area contributed by atoms with Crippen molar-refractivity contribution in [2.24, 2.45) is 0 Å². The van der Waals surface area contributed by atoms with Crippen molar-refractivity contribution in [3.8, 4) is 0 Å². The van der Waals surface area contributed by atoms with Crippen LogP contribution in [0.2, 0.25) is 5.02 Å². The van der Waals surface area contributed by atoms with Gasteiger partial charge in [0.05, 0.1) is 0 Å². The van der Waals surface area contributed by atoms with Gasteiger partial charge in [0.2, 0.25) is 0 Å². The first-order valence-corrected chi connectivity index (χ1v) is 5.37. The SMILES string of the molecule is Clc1ccc(CN2C=CCCC2)cc1. The van der Waals surface area contributed by atoms with Crippen molar-refractivity contribution in [2.45, 2.75) is 19.4 Å². The molecule has 2 rings (SSSR count). The van der Waals surface area contributed by atoms with Gasteiger partial charge in [-0.25, -0.2) is 0 Å². The monoisotopic (exact) mass is 207 g/mol. The Labute approximate surface area is 90.0 Å². The molecule has 1 aromatic carbocycles. The van der Waals surface area contributed by atoms with E-state index in [9.17, 15) is 0 Å². The number of halogens is 1. The van der Waals surface area contributed by atoms with Gasteiger partial charge in [0.15, 0.2) is 0 Å². The summed E-state index contributed by atoms with van der Waals surface area (Å²) in [6.45, 7) is 2.16. The zero-order chi connectivity index (χ0) is 9.80. The molecule has 2 heteroatoms. The van der Waals surface area contributed by atoms with Crippen molar-refractivity contribution in [3.63, 3.8) is 0 Å². The van der Waals surface area contributed by atoms with Crippen molar-refractivity contribution >= 4 is 11.6 Å². The zero-order valence-electron chi connectivity index (χ0n) is 8.12. The first-order valence-electron chi connectivity index (χ1n) is 5.00. The third kappa shape index (κ3) is 2.52. The first kappa shape index (κ1) is 9.60. The van der Waals surface area contributed by atoms with Gasteiger partial charge in [0.1, 0.15) is 0 Å². The lowest BCUT2D eigenvalue weighted by Crippen LogP contribution is -2.20. The minimum absolute atomic E-state index is 0.808. The maximum atomic E-state index is 5.83. The largest absolute Gasteiger partial charge is 0.373 e. The van der Waals surface area contributed by atoms with Crippen LogP contribution < -0.4 is 0 Å². The molecule has 0 amide bonds. The van der Waals surface area contributed by atoms with Gasteiger partial charge in [-0.15, -0.1) is 0 Å². The number of nitrogens with zero attached hydrogens (tertiary/aromatic N) is 1. The Hall–Kier alpha value is -0.950. The summed E-state index contributed by atoms with van der Waals surface area (Å²) >= 11 is 5.83. The van der Waals surface area contributed by atoms with E-state index < -0.39 is 0 Å². The van der Waals surface area contributed by atoms with E-state index >= 15 is 0 Å². The summed E-state index contributed by atoms with van der Waals surface area (Å²) in [4.78, 5) is 2.34. The molecule has 0 aliphatic carbocycles. The fourth-order valence-electron chi connectivity index (χ4n) is 1.67. The van der Waals surface area contributed by atoms with Crippen LogP contribution in [0.1, 0.15) is 18.4 Å². The lowest BCUT2D eigenvalue weighted by atomic mass is 10.2. The number of benzene rings is 1. The second-order valence-electron chi connectivity index (χ2n) is 3.62. The second kappa shape index (κ2) is 4.52.